The maximum absolute atomic E-state index is 12.0. The second-order valence-electron chi connectivity index (χ2n) is 5.15. The van der Waals surface area contributed by atoms with Crippen molar-refractivity contribution in [3.8, 4) is 0 Å². The fourth-order valence-electron chi connectivity index (χ4n) is 2.32. The number of hydrogen-bond donors (Lipinski definition) is 1. The van der Waals surface area contributed by atoms with Crippen molar-refractivity contribution in [2.45, 2.75) is 39.2 Å². The predicted molar refractivity (Wildman–Crippen MR) is 71.1 cm³/mol. The number of carbonyl (C=O) groups excluding carboxylic acids is 1. The van der Waals surface area contributed by atoms with Gasteiger partial charge in [0.1, 0.15) is 0 Å². The number of rotatable bonds is 5. The number of nitrogens with zero attached hydrogens (tertiary/aromatic N) is 2. The third-order valence-electron chi connectivity index (χ3n) is 4.04. The van der Waals surface area contributed by atoms with Crippen LogP contribution in [0.3, 0.4) is 0 Å². The van der Waals surface area contributed by atoms with E-state index in [0.29, 0.717) is 6.54 Å². The van der Waals surface area contributed by atoms with Gasteiger partial charge in [0.2, 0.25) is 5.91 Å². The molecule has 1 heterocycles. The summed E-state index contributed by atoms with van der Waals surface area (Å²) in [6.45, 7) is 10.6. The van der Waals surface area contributed by atoms with Gasteiger partial charge in [0, 0.05) is 31.7 Å². The Morgan fingerprint density at radius 2 is 1.82 bits per heavy atom. The first-order valence-corrected chi connectivity index (χ1v) is 6.73. The highest BCUT2D eigenvalue weighted by Crippen LogP contribution is 2.20. The molecule has 0 radical (unpaired) electrons. The standard InChI is InChI=1S/C13H27N3O/c1-5-16(6-2)12(17)11-15-9-7-13(3,14-4)8-10-15/h14H,5-11H2,1-4H3. The Labute approximate surface area is 105 Å². The molecule has 0 spiro atoms. The minimum absolute atomic E-state index is 0.259. The molecule has 1 amide bonds. The van der Waals surface area contributed by atoms with Crippen molar-refractivity contribution in [3.63, 3.8) is 0 Å². The van der Waals surface area contributed by atoms with Gasteiger partial charge in [-0.05, 0) is 40.7 Å². The average Bonchev–Trinajstić information content (AvgIpc) is 2.34. The summed E-state index contributed by atoms with van der Waals surface area (Å²) < 4.78 is 0. The lowest BCUT2D eigenvalue weighted by Gasteiger charge is -2.39. The molecule has 1 N–H and O–H groups in total. The zero-order valence-corrected chi connectivity index (χ0v) is 11.8. The summed E-state index contributed by atoms with van der Waals surface area (Å²) in [6.07, 6.45) is 2.24. The van der Waals surface area contributed by atoms with E-state index in [2.05, 4.69) is 17.1 Å². The van der Waals surface area contributed by atoms with Crippen LogP contribution in [0.5, 0.6) is 0 Å². The van der Waals surface area contributed by atoms with Crippen molar-refractivity contribution in [3.05, 3.63) is 0 Å². The van der Waals surface area contributed by atoms with E-state index in [-0.39, 0.29) is 11.4 Å². The Morgan fingerprint density at radius 1 is 1.29 bits per heavy atom. The first-order valence-electron chi connectivity index (χ1n) is 6.73. The van der Waals surface area contributed by atoms with E-state index >= 15 is 0 Å². The number of carbonyl (C=O) groups is 1. The maximum Gasteiger partial charge on any atom is 0.236 e. The Balaban J connectivity index is 2.38. The molecule has 1 fully saturated rings. The highest BCUT2D eigenvalue weighted by molar-refractivity contribution is 5.78. The lowest BCUT2D eigenvalue weighted by molar-refractivity contribution is -0.132. The first-order chi connectivity index (χ1) is 8.04. The molecular weight excluding hydrogens is 214 g/mol. The van der Waals surface area contributed by atoms with Crippen molar-refractivity contribution in [1.82, 2.24) is 15.1 Å². The van der Waals surface area contributed by atoms with Crippen LogP contribution in [0, 0.1) is 0 Å². The van der Waals surface area contributed by atoms with Gasteiger partial charge < -0.3 is 10.2 Å². The first kappa shape index (κ1) is 14.5. The molecule has 0 bridgehead atoms. The largest absolute Gasteiger partial charge is 0.342 e. The minimum atomic E-state index is 0.259. The highest BCUT2D eigenvalue weighted by atomic mass is 16.2. The Bertz CT molecular complexity index is 243. The van der Waals surface area contributed by atoms with E-state index in [9.17, 15) is 4.79 Å². The smallest absolute Gasteiger partial charge is 0.236 e. The molecular formula is C13H27N3O. The highest BCUT2D eigenvalue weighted by Gasteiger charge is 2.29. The minimum Gasteiger partial charge on any atom is -0.342 e. The predicted octanol–water partition coefficient (Wildman–Crippen LogP) is 0.929. The molecule has 0 unspecified atom stereocenters. The molecule has 1 aliphatic rings. The lowest BCUT2D eigenvalue weighted by Crippen LogP contribution is -2.52. The van der Waals surface area contributed by atoms with E-state index in [0.717, 1.165) is 39.0 Å². The zero-order valence-electron chi connectivity index (χ0n) is 11.8. The third-order valence-corrected chi connectivity index (χ3v) is 4.04. The second kappa shape index (κ2) is 6.36. The summed E-state index contributed by atoms with van der Waals surface area (Å²) in [5.74, 6) is 0.267. The van der Waals surface area contributed by atoms with Gasteiger partial charge in [0.25, 0.3) is 0 Å². The average molecular weight is 241 g/mol. The van der Waals surface area contributed by atoms with Crippen LogP contribution in [0.25, 0.3) is 0 Å². The lowest BCUT2D eigenvalue weighted by atomic mass is 9.90. The molecule has 1 saturated heterocycles. The van der Waals surface area contributed by atoms with E-state index in [1.165, 1.54) is 0 Å². The van der Waals surface area contributed by atoms with E-state index < -0.39 is 0 Å². The van der Waals surface area contributed by atoms with Gasteiger partial charge in [-0.2, -0.15) is 0 Å². The molecule has 0 aromatic rings. The summed E-state index contributed by atoms with van der Waals surface area (Å²) >= 11 is 0. The fraction of sp³-hybridized carbons (Fsp3) is 0.923. The van der Waals surface area contributed by atoms with Crippen LogP contribution in [0.4, 0.5) is 0 Å². The normalized spacial score (nSPS) is 20.2. The molecule has 0 aliphatic carbocycles. The summed E-state index contributed by atoms with van der Waals surface area (Å²) in [7, 11) is 2.02. The van der Waals surface area contributed by atoms with Crippen molar-refractivity contribution >= 4 is 5.91 Å². The van der Waals surface area contributed by atoms with Crippen molar-refractivity contribution in [2.75, 3.05) is 39.8 Å². The number of hydrogen-bond acceptors (Lipinski definition) is 3. The van der Waals surface area contributed by atoms with E-state index in [1.54, 1.807) is 0 Å². The molecule has 0 aromatic carbocycles. The Hall–Kier alpha value is -0.610. The zero-order chi connectivity index (χ0) is 12.9. The molecule has 100 valence electrons. The van der Waals surface area contributed by atoms with Crippen molar-refractivity contribution < 1.29 is 4.79 Å². The summed E-state index contributed by atoms with van der Waals surface area (Å²) in [5.41, 5.74) is 0.259. The van der Waals surface area contributed by atoms with Gasteiger partial charge in [-0.25, -0.2) is 0 Å². The Morgan fingerprint density at radius 3 is 2.24 bits per heavy atom. The monoisotopic (exact) mass is 241 g/mol. The molecule has 4 nitrogen and oxygen atoms in total. The van der Waals surface area contributed by atoms with Crippen LogP contribution in [0.1, 0.15) is 33.6 Å². The van der Waals surface area contributed by atoms with Crippen LogP contribution in [0.15, 0.2) is 0 Å². The summed E-state index contributed by atoms with van der Waals surface area (Å²) in [5, 5.41) is 3.38. The van der Waals surface area contributed by atoms with Crippen LogP contribution in [-0.4, -0.2) is 61.0 Å². The third kappa shape index (κ3) is 3.96. The number of amides is 1. The fourth-order valence-corrected chi connectivity index (χ4v) is 2.32. The number of piperidine rings is 1. The van der Waals surface area contributed by atoms with Gasteiger partial charge >= 0.3 is 0 Å². The maximum atomic E-state index is 12.0. The van der Waals surface area contributed by atoms with Gasteiger partial charge in [-0.1, -0.05) is 0 Å². The molecule has 0 saturated carbocycles. The van der Waals surface area contributed by atoms with Crippen molar-refractivity contribution in [2.24, 2.45) is 0 Å². The van der Waals surface area contributed by atoms with Crippen LogP contribution in [0.2, 0.25) is 0 Å². The van der Waals surface area contributed by atoms with Crippen LogP contribution in [-0.2, 0) is 4.79 Å². The van der Waals surface area contributed by atoms with Gasteiger partial charge in [-0.15, -0.1) is 0 Å². The quantitative estimate of drug-likeness (QED) is 0.778. The molecule has 1 aliphatic heterocycles. The van der Waals surface area contributed by atoms with Gasteiger partial charge in [0.05, 0.1) is 6.54 Å². The molecule has 0 atom stereocenters. The number of likely N-dealkylation sites (tertiary alicyclic amines) is 1. The van der Waals surface area contributed by atoms with Crippen molar-refractivity contribution in [1.29, 1.82) is 0 Å². The molecule has 17 heavy (non-hydrogen) atoms. The van der Waals surface area contributed by atoms with E-state index in [1.807, 2.05) is 25.8 Å². The SMILES string of the molecule is CCN(CC)C(=O)CN1CCC(C)(NC)CC1. The van der Waals surface area contributed by atoms with E-state index in [4.69, 9.17) is 0 Å². The topological polar surface area (TPSA) is 35.6 Å². The van der Waals surface area contributed by atoms with Crippen LogP contribution < -0.4 is 5.32 Å². The molecule has 0 aromatic heterocycles. The number of nitrogens with one attached hydrogen (secondary N) is 1. The van der Waals surface area contributed by atoms with Gasteiger partial charge in [0.15, 0.2) is 0 Å². The molecule has 4 heteroatoms. The second-order valence-corrected chi connectivity index (χ2v) is 5.15. The number of likely N-dealkylation sites (N-methyl/N-ethyl adjacent to an activating group) is 1. The van der Waals surface area contributed by atoms with Crippen LogP contribution >= 0.6 is 0 Å². The summed E-state index contributed by atoms with van der Waals surface area (Å²) in [4.78, 5) is 16.2. The summed E-state index contributed by atoms with van der Waals surface area (Å²) in [6, 6.07) is 0. The molecule has 1 rings (SSSR count). The Kier molecular flexibility index (Phi) is 5.40. The van der Waals surface area contributed by atoms with Gasteiger partial charge in [-0.3, -0.25) is 9.69 Å².